The molecular formula is C20H12HgN2O6. The quantitative estimate of drug-likeness (QED) is 0.356. The number of hydrogen-bond donors (Lipinski definition) is 2. The maximum absolute atomic E-state index is 12.2. The molecule has 0 unspecified atom stereocenters. The Balaban J connectivity index is 1.45. The van der Waals surface area contributed by atoms with E-state index in [0.717, 1.165) is 0 Å². The molecule has 0 saturated carbocycles. The second-order valence-electron chi connectivity index (χ2n) is 6.08. The summed E-state index contributed by atoms with van der Waals surface area (Å²) in [6.07, 6.45) is 0. The van der Waals surface area contributed by atoms with E-state index >= 15 is 0 Å². The average molecular weight is 577 g/mol. The number of rotatable bonds is 4. The van der Waals surface area contributed by atoms with Gasteiger partial charge >= 0.3 is 178 Å². The zero-order chi connectivity index (χ0) is 20.4. The van der Waals surface area contributed by atoms with Gasteiger partial charge in [0.1, 0.15) is 0 Å². The monoisotopic (exact) mass is 578 g/mol. The van der Waals surface area contributed by atoms with E-state index in [9.17, 15) is 19.8 Å². The van der Waals surface area contributed by atoms with Crippen LogP contribution in [0.3, 0.4) is 0 Å². The van der Waals surface area contributed by atoms with Crippen LogP contribution in [0.15, 0.2) is 60.7 Å². The van der Waals surface area contributed by atoms with Gasteiger partial charge in [0, 0.05) is 0 Å². The van der Waals surface area contributed by atoms with Crippen molar-refractivity contribution in [1.29, 1.82) is 0 Å². The molecule has 140 valence electrons. The first-order chi connectivity index (χ1) is 14.0. The van der Waals surface area contributed by atoms with E-state index in [1.54, 1.807) is 48.5 Å². The number of para-hydroxylation sites is 2. The summed E-state index contributed by atoms with van der Waals surface area (Å²) in [7, 11) is 0. The molecule has 8 nitrogen and oxygen atoms in total. The molecule has 2 aromatic heterocycles. The summed E-state index contributed by atoms with van der Waals surface area (Å²) in [6, 6.07) is 16.8. The Labute approximate surface area is 177 Å². The van der Waals surface area contributed by atoms with E-state index in [1.807, 2.05) is 0 Å². The van der Waals surface area contributed by atoms with Crippen LogP contribution < -0.4 is 0 Å². The summed E-state index contributed by atoms with van der Waals surface area (Å²) < 4.78 is 10.2. The second-order valence-corrected chi connectivity index (χ2v) is 9.24. The molecule has 0 bridgehead atoms. The third-order valence-electron chi connectivity index (χ3n) is 4.17. The van der Waals surface area contributed by atoms with Crippen LogP contribution in [0.2, 0.25) is 0 Å². The Hall–Kier alpha value is -3.26. The number of pyridine rings is 2. The molecule has 0 saturated heterocycles. The molecule has 9 heteroatoms. The number of benzene rings is 2. The summed E-state index contributed by atoms with van der Waals surface area (Å²) in [5, 5.41) is 21.4. The predicted molar refractivity (Wildman–Crippen MR) is 97.6 cm³/mol. The van der Waals surface area contributed by atoms with Crippen molar-refractivity contribution in [3.8, 4) is 11.5 Å². The van der Waals surface area contributed by atoms with E-state index in [0.29, 0.717) is 21.8 Å². The van der Waals surface area contributed by atoms with Gasteiger partial charge in [-0.3, -0.25) is 0 Å². The molecule has 0 atom stereocenters. The fourth-order valence-electron chi connectivity index (χ4n) is 2.78. The molecule has 0 aliphatic heterocycles. The van der Waals surface area contributed by atoms with Crippen molar-refractivity contribution in [2.75, 3.05) is 0 Å². The molecule has 29 heavy (non-hydrogen) atoms. The molecule has 0 amide bonds. The Bertz CT molecular complexity index is 1160. The Morgan fingerprint density at radius 2 is 1.14 bits per heavy atom. The summed E-state index contributed by atoms with van der Waals surface area (Å²) in [6.45, 7) is 0. The van der Waals surface area contributed by atoms with Gasteiger partial charge in [0.25, 0.3) is 0 Å². The number of carbonyl (C=O) groups excluding carboxylic acids is 2. The van der Waals surface area contributed by atoms with Gasteiger partial charge < -0.3 is 0 Å². The third-order valence-corrected chi connectivity index (χ3v) is 7.13. The summed E-state index contributed by atoms with van der Waals surface area (Å²) >= 11 is -2.93. The molecule has 0 fully saturated rings. The number of aromatic hydroxyl groups is 2. The van der Waals surface area contributed by atoms with Gasteiger partial charge in [-0.25, -0.2) is 0 Å². The molecule has 0 radical (unpaired) electrons. The molecule has 2 aromatic carbocycles. The molecule has 4 rings (SSSR count). The van der Waals surface area contributed by atoms with E-state index in [4.69, 9.17) is 5.29 Å². The Morgan fingerprint density at radius 1 is 0.724 bits per heavy atom. The third kappa shape index (κ3) is 3.97. The van der Waals surface area contributed by atoms with E-state index in [2.05, 4.69) is 9.97 Å². The van der Waals surface area contributed by atoms with Gasteiger partial charge in [-0.05, 0) is 0 Å². The Kier molecular flexibility index (Phi) is 5.26. The van der Waals surface area contributed by atoms with Crippen LogP contribution in [0, 0.1) is 0 Å². The van der Waals surface area contributed by atoms with Gasteiger partial charge in [0.2, 0.25) is 0 Å². The van der Waals surface area contributed by atoms with E-state index in [-0.39, 0.29) is 22.9 Å². The second kappa shape index (κ2) is 8.00. The van der Waals surface area contributed by atoms with Crippen LogP contribution in [0.5, 0.6) is 11.5 Å². The number of nitrogens with zero attached hydrogens (tertiary/aromatic N) is 2. The minimum atomic E-state index is -2.93. The average Bonchev–Trinajstić information content (AvgIpc) is 2.72. The zero-order valence-electron chi connectivity index (χ0n) is 14.9. The number of hydrogen-bond acceptors (Lipinski definition) is 8. The number of aromatic nitrogens is 2. The SMILES string of the molecule is O=C([O][Hg][O]C(=O)c1nc2ccccc2cc1O)c1nc2ccccc2cc1O. The van der Waals surface area contributed by atoms with Crippen LogP contribution in [0.1, 0.15) is 21.0 Å². The summed E-state index contributed by atoms with van der Waals surface area (Å²) in [5.74, 6) is -2.36. The first kappa shape index (κ1) is 19.1. The van der Waals surface area contributed by atoms with Crippen LogP contribution in [-0.4, -0.2) is 32.1 Å². The number of carbonyl (C=O) groups is 2. The van der Waals surface area contributed by atoms with Crippen LogP contribution in [0.25, 0.3) is 21.8 Å². The molecule has 2 N–H and O–H groups in total. The van der Waals surface area contributed by atoms with Crippen LogP contribution in [0.4, 0.5) is 0 Å². The fourth-order valence-corrected chi connectivity index (χ4v) is 4.91. The van der Waals surface area contributed by atoms with Crippen LogP contribution in [-0.2, 0) is 30.8 Å². The first-order valence-corrected chi connectivity index (χ1v) is 13.0. The number of fused-ring (bicyclic) bond motifs is 2. The van der Waals surface area contributed by atoms with E-state index in [1.165, 1.54) is 12.1 Å². The first-order valence-electron chi connectivity index (χ1n) is 8.54. The fraction of sp³-hybridized carbons (Fsp3) is 0. The minimum absolute atomic E-state index is 0.244. The normalized spacial score (nSPS) is 10.5. The maximum atomic E-state index is 12.2. The van der Waals surface area contributed by atoms with Crippen molar-refractivity contribution in [1.82, 2.24) is 9.97 Å². The van der Waals surface area contributed by atoms with Gasteiger partial charge in [0.05, 0.1) is 0 Å². The summed E-state index contributed by atoms with van der Waals surface area (Å²) in [5.41, 5.74) is 0.560. The van der Waals surface area contributed by atoms with Crippen molar-refractivity contribution < 1.29 is 50.6 Å². The molecule has 0 aliphatic carbocycles. The molecule has 2 heterocycles. The van der Waals surface area contributed by atoms with Gasteiger partial charge in [-0.2, -0.15) is 0 Å². The topological polar surface area (TPSA) is 119 Å². The van der Waals surface area contributed by atoms with Crippen molar-refractivity contribution in [3.05, 3.63) is 72.1 Å². The van der Waals surface area contributed by atoms with Crippen molar-refractivity contribution in [3.63, 3.8) is 0 Å². The standard InChI is InChI=1S/2C10H7NO3.Hg/c2*12-8-5-6-3-1-2-4-7(6)11-9(8)10(13)14;/h2*1-5,12H,(H,13,14);/q;;+2/p-2. The van der Waals surface area contributed by atoms with Gasteiger partial charge in [-0.1, -0.05) is 0 Å². The van der Waals surface area contributed by atoms with Gasteiger partial charge in [-0.15, -0.1) is 0 Å². The summed E-state index contributed by atoms with van der Waals surface area (Å²) in [4.78, 5) is 32.6. The Morgan fingerprint density at radius 3 is 1.59 bits per heavy atom. The molecule has 0 aliphatic rings. The molecule has 4 aromatic rings. The molecular weight excluding hydrogens is 565 g/mol. The van der Waals surface area contributed by atoms with Crippen molar-refractivity contribution in [2.45, 2.75) is 0 Å². The van der Waals surface area contributed by atoms with Crippen molar-refractivity contribution >= 4 is 33.7 Å². The zero-order valence-corrected chi connectivity index (χ0v) is 20.4. The predicted octanol–water partition coefficient (Wildman–Crippen LogP) is 3.12. The van der Waals surface area contributed by atoms with Gasteiger partial charge in [0.15, 0.2) is 0 Å². The van der Waals surface area contributed by atoms with Crippen molar-refractivity contribution in [2.24, 2.45) is 0 Å². The van der Waals surface area contributed by atoms with E-state index < -0.39 is 37.4 Å². The molecule has 0 spiro atoms. The van der Waals surface area contributed by atoms with Crippen LogP contribution >= 0.6 is 0 Å².